The third-order valence-corrected chi connectivity index (χ3v) is 29.1. The molecule has 28 nitrogen and oxygen atoms in total. The largest absolute Gasteiger partial charge is 0.493 e. The van der Waals surface area contributed by atoms with Crippen LogP contribution in [-0.2, 0) is 50.7 Å². The molecule has 564 valence electrons. The van der Waals surface area contributed by atoms with Crippen LogP contribution in [0.15, 0.2) is 72.8 Å². The molecule has 0 aliphatic carbocycles. The molecule has 10 N–H and O–H groups in total. The molecule has 0 spiro atoms. The molecule has 103 heavy (non-hydrogen) atoms. The molecule has 4 aromatic carbocycles. The van der Waals surface area contributed by atoms with Crippen LogP contribution in [0, 0.1) is 11.8 Å². The lowest BCUT2D eigenvalue weighted by molar-refractivity contribution is -0.127. The number of aliphatic hydroxyl groups excluding tert-OH is 2. The number of methoxy groups -OCH3 is 2. The van der Waals surface area contributed by atoms with Crippen molar-refractivity contribution in [1.82, 2.24) is 20.4 Å². The van der Waals surface area contributed by atoms with E-state index in [1.807, 2.05) is 95.4 Å². The third kappa shape index (κ3) is 18.6. The van der Waals surface area contributed by atoms with Crippen LogP contribution in [0.4, 0.5) is 32.3 Å². The summed E-state index contributed by atoms with van der Waals surface area (Å²) in [5, 5.41) is 32.5. The number of amides is 8. The fraction of sp³-hybridized carbons (Fsp3) is 0.562. The van der Waals surface area contributed by atoms with Crippen LogP contribution >= 0.6 is 0 Å². The van der Waals surface area contributed by atoms with E-state index in [9.17, 15) is 39.0 Å². The van der Waals surface area contributed by atoms with Crippen molar-refractivity contribution in [3.63, 3.8) is 0 Å². The van der Waals surface area contributed by atoms with Crippen LogP contribution in [0.25, 0.3) is 0 Å². The van der Waals surface area contributed by atoms with E-state index in [-0.39, 0.29) is 126 Å². The molecular formula is C73H106N10O18Si2. The van der Waals surface area contributed by atoms with E-state index in [0.717, 1.165) is 0 Å². The lowest BCUT2D eigenvalue weighted by atomic mass is 10.0. The zero-order chi connectivity index (χ0) is 76.1. The molecule has 4 heterocycles. The summed E-state index contributed by atoms with van der Waals surface area (Å²) in [4.78, 5) is 117. The first-order valence-corrected chi connectivity index (χ1v) is 40.9. The van der Waals surface area contributed by atoms with Crippen molar-refractivity contribution in [2.24, 2.45) is 23.3 Å². The number of ether oxygens (including phenoxy) is 6. The van der Waals surface area contributed by atoms with Gasteiger partial charge in [-0.25, -0.2) is 19.4 Å². The van der Waals surface area contributed by atoms with Crippen LogP contribution < -0.4 is 61.5 Å². The molecule has 8 amide bonds. The van der Waals surface area contributed by atoms with Gasteiger partial charge in [0.2, 0.25) is 23.6 Å². The molecule has 0 saturated carbocycles. The predicted molar refractivity (Wildman–Crippen MR) is 393 cm³/mol. The van der Waals surface area contributed by atoms with E-state index in [0.29, 0.717) is 22.5 Å². The Morgan fingerprint density at radius 1 is 0.534 bits per heavy atom. The maximum absolute atomic E-state index is 15.1. The summed E-state index contributed by atoms with van der Waals surface area (Å²) in [6.45, 7) is 30.1. The van der Waals surface area contributed by atoms with Gasteiger partial charge in [-0.1, -0.05) is 93.5 Å². The Balaban J connectivity index is 1.05. The molecule has 0 radical (unpaired) electrons. The first kappa shape index (κ1) is 80.3. The topological polar surface area (TPSA) is 364 Å². The van der Waals surface area contributed by atoms with Crippen LogP contribution in [-0.4, -0.2) is 186 Å². The van der Waals surface area contributed by atoms with E-state index in [1.54, 1.807) is 62.4 Å². The van der Waals surface area contributed by atoms with Crippen molar-refractivity contribution in [3.05, 3.63) is 95.1 Å². The van der Waals surface area contributed by atoms with Crippen LogP contribution in [0.2, 0.25) is 36.3 Å². The van der Waals surface area contributed by atoms with E-state index in [1.165, 1.54) is 58.1 Å². The van der Waals surface area contributed by atoms with Gasteiger partial charge in [0, 0.05) is 43.0 Å². The van der Waals surface area contributed by atoms with Crippen LogP contribution in [0.3, 0.4) is 0 Å². The third-order valence-electron chi connectivity index (χ3n) is 20.2. The Kier molecular flexibility index (Phi) is 25.5. The van der Waals surface area contributed by atoms with Crippen LogP contribution in [0.1, 0.15) is 134 Å². The average Bonchev–Trinajstić information content (AvgIpc) is 1.62. The van der Waals surface area contributed by atoms with Crippen LogP contribution in [0.5, 0.6) is 23.0 Å². The second-order valence-corrected chi connectivity index (χ2v) is 40.2. The predicted octanol–water partition coefficient (Wildman–Crippen LogP) is 8.56. The molecule has 0 unspecified atom stereocenters. The molecule has 30 heteroatoms. The number of carbonyl (C=O) groups excluding carboxylic acids is 8. The fourth-order valence-corrected chi connectivity index (χ4v) is 14.1. The van der Waals surface area contributed by atoms with Gasteiger partial charge < -0.3 is 90.0 Å². The summed E-state index contributed by atoms with van der Waals surface area (Å²) >= 11 is 0. The number of aliphatic hydroxyl groups is 2. The first-order valence-electron chi connectivity index (χ1n) is 35.0. The van der Waals surface area contributed by atoms with Gasteiger partial charge in [-0.05, 0) is 122 Å². The summed E-state index contributed by atoms with van der Waals surface area (Å²) in [5.41, 5.74) is 14.2. The van der Waals surface area contributed by atoms with Crippen molar-refractivity contribution in [2.45, 2.75) is 213 Å². The van der Waals surface area contributed by atoms with Gasteiger partial charge in [0.25, 0.3) is 11.8 Å². The highest BCUT2D eigenvalue weighted by atomic mass is 28.4. The molecule has 0 aromatic heterocycles. The first-order chi connectivity index (χ1) is 48.2. The number of hydrogen-bond donors (Lipinski definition) is 8. The summed E-state index contributed by atoms with van der Waals surface area (Å²) in [5.74, 6) is -2.50. The summed E-state index contributed by atoms with van der Waals surface area (Å²) in [7, 11) is -2.84. The van der Waals surface area contributed by atoms with E-state index in [4.69, 9.17) is 48.7 Å². The van der Waals surface area contributed by atoms with Gasteiger partial charge in [-0.2, -0.15) is 0 Å². The number of nitrogens with one attached hydrogen (secondary N) is 4. The second kappa shape index (κ2) is 32.7. The minimum Gasteiger partial charge on any atom is -0.493 e. The number of nitrogens with two attached hydrogens (primary N) is 2. The second-order valence-electron chi connectivity index (χ2n) is 30.7. The highest BCUT2D eigenvalue weighted by Gasteiger charge is 2.55. The Labute approximate surface area is 605 Å². The fourth-order valence-electron chi connectivity index (χ4n) is 11.7. The maximum atomic E-state index is 15.1. The number of rotatable bonds is 26. The lowest BCUT2D eigenvalue weighted by Crippen LogP contribution is -2.58. The summed E-state index contributed by atoms with van der Waals surface area (Å²) < 4.78 is 51.3. The number of anilines is 4. The number of fused-ring (bicyclic) bond motifs is 4. The average molecular weight is 1470 g/mol. The molecule has 0 bridgehead atoms. The Morgan fingerprint density at radius 2 is 0.874 bits per heavy atom. The Bertz CT molecular complexity index is 3510. The van der Waals surface area contributed by atoms with Gasteiger partial charge in [0.05, 0.1) is 86.3 Å². The van der Waals surface area contributed by atoms with Gasteiger partial charge in [0.1, 0.15) is 25.3 Å². The van der Waals surface area contributed by atoms with Gasteiger partial charge in [-0.15, -0.1) is 0 Å². The molecule has 4 aliphatic rings. The molecule has 4 aromatic rings. The SMILES string of the molecule is COc1cc2c(cc1OCCCOc1cc3c(cc1OC)C(=O)N1C[C@@H](O)C[C@H]1[C@H](O[Si](C)(C)C(C)(C)C)N3C(=O)OCc1ccc(NC(=O)[C@@H](C)NC(=O)[C@H](N)C(C)C)cc1)N(C(=O)OCc1ccc(NC(=O)[C@H](C)NC(=O)[C@@H](N)C(C)C)cc1)[C@@H](O[Si](C)(C)C(C)(C)C)[C@@H]1C[C@H](O)CN1C2=O. The number of hydrogen-bond acceptors (Lipinski definition) is 20. The quantitative estimate of drug-likeness (QED) is 0.0215. The molecular weight excluding hydrogens is 1360 g/mol. The highest BCUT2D eigenvalue weighted by Crippen LogP contribution is 2.48. The van der Waals surface area contributed by atoms with Gasteiger partial charge in [-0.3, -0.25) is 28.8 Å². The monoisotopic (exact) mass is 1470 g/mol. The Morgan fingerprint density at radius 3 is 1.18 bits per heavy atom. The molecule has 10 atom stereocenters. The number of benzene rings is 4. The highest BCUT2D eigenvalue weighted by molar-refractivity contribution is 6.74. The summed E-state index contributed by atoms with van der Waals surface area (Å²) in [6.07, 6.45) is -5.55. The molecule has 4 aliphatic heterocycles. The number of carbonyl (C=O) groups is 8. The van der Waals surface area contributed by atoms with Crippen molar-refractivity contribution >= 4 is 87.0 Å². The maximum Gasteiger partial charge on any atom is 0.416 e. The summed E-state index contributed by atoms with van der Waals surface area (Å²) in [6, 6.07) is 14.2. The lowest BCUT2D eigenvalue weighted by Gasteiger charge is -2.44. The molecule has 2 saturated heterocycles. The molecule has 2 fully saturated rings. The van der Waals surface area contributed by atoms with Crippen molar-refractivity contribution in [2.75, 3.05) is 61.0 Å². The van der Waals surface area contributed by atoms with Crippen molar-refractivity contribution < 1.29 is 85.8 Å². The van der Waals surface area contributed by atoms with Crippen molar-refractivity contribution in [3.8, 4) is 23.0 Å². The zero-order valence-electron chi connectivity index (χ0n) is 62.6. The zero-order valence-corrected chi connectivity index (χ0v) is 64.6. The van der Waals surface area contributed by atoms with E-state index >= 15 is 9.59 Å². The van der Waals surface area contributed by atoms with Crippen molar-refractivity contribution in [1.29, 1.82) is 0 Å². The van der Waals surface area contributed by atoms with Gasteiger partial charge in [0.15, 0.2) is 52.1 Å². The minimum atomic E-state index is -2.83. The number of nitrogens with zero attached hydrogens (tertiary/aromatic N) is 4. The Hall–Kier alpha value is -8.37. The van der Waals surface area contributed by atoms with E-state index < -0.39 is 125 Å². The molecule has 8 rings (SSSR count). The minimum absolute atomic E-state index is 0.0292. The van der Waals surface area contributed by atoms with E-state index in [2.05, 4.69) is 21.3 Å². The smallest absolute Gasteiger partial charge is 0.416 e. The van der Waals surface area contributed by atoms with Gasteiger partial charge >= 0.3 is 12.2 Å². The normalized spacial score (nSPS) is 20.3. The standard InChI is InChI=1S/C73H106N10O18Si2/c1-40(2)60(74)64(88)76-42(5)62(86)78-46-24-20-44(21-25-46)38-98-70(92)82-52-34-58(56(94-13)32-50(52)66(90)80-36-48(84)30-54(80)68(82)100-102(15,16)72(7,8)9)96-28-19-29-97-59-35-53-51(33-57(59)95-14)67(91)81-37-49(85)31-55(81)69(101-103(17,18)73(10,11)12)83(53)71(93)99-39-45-22-26-47(27-23-45)79-63(87)43(6)77-65(89)61(75)41(3)4/h20-27,32-35,40-43,48-49,54-55,60-61,68-69,84-85H,19,28-31,36-39,74-75H2,1-18H3,(H,76,88)(H,77,89)(H,78,86)(H,79,87)/t42-,43+,48-,49-,54-,55-,60-,61+,68-,69-/m0/s1.